The Hall–Kier alpha value is 1.40. The lowest BCUT2D eigenvalue weighted by molar-refractivity contribution is 1.11. The quantitative estimate of drug-likeness (QED) is 0.485. The van der Waals surface area contributed by atoms with Gasteiger partial charge in [-0.2, -0.15) is 0 Å². The van der Waals surface area contributed by atoms with Crippen molar-refractivity contribution >= 4 is 43.2 Å². The van der Waals surface area contributed by atoms with Crippen molar-refractivity contribution in [2.24, 2.45) is 0 Å². The lowest BCUT2D eigenvalue weighted by atomic mass is 10.6. The van der Waals surface area contributed by atoms with Crippen LogP contribution in [0.15, 0.2) is 0 Å². The van der Waals surface area contributed by atoms with Gasteiger partial charge in [-0.3, -0.25) is 0 Å². The van der Waals surface area contributed by atoms with Crippen LogP contribution in [0.3, 0.4) is 0 Å². The molecule has 0 aromatic heterocycles. The van der Waals surface area contributed by atoms with Gasteiger partial charge < -0.3 is 0 Å². The Balaban J connectivity index is 0. The van der Waals surface area contributed by atoms with E-state index in [1.54, 1.807) is 21.6 Å². The van der Waals surface area contributed by atoms with E-state index in [0.717, 1.165) is 0 Å². The van der Waals surface area contributed by atoms with E-state index in [0.29, 0.717) is 0 Å². The number of rotatable bonds is 6. The van der Waals surface area contributed by atoms with Gasteiger partial charge >= 0.3 is 0 Å². The van der Waals surface area contributed by atoms with Crippen LogP contribution in [0.25, 0.3) is 0 Å². The molecule has 12 heavy (non-hydrogen) atoms. The third-order valence-corrected chi connectivity index (χ3v) is 4.97. The molecule has 4 heteroatoms. The van der Waals surface area contributed by atoms with Gasteiger partial charge in [-0.05, 0) is 25.4 Å². The Morgan fingerprint density at radius 2 is 1.08 bits per heavy atom. The van der Waals surface area contributed by atoms with Crippen molar-refractivity contribution in [3.8, 4) is 0 Å². The summed E-state index contributed by atoms with van der Waals surface area (Å²) in [6.45, 7) is 4.44. The van der Waals surface area contributed by atoms with Crippen LogP contribution in [-0.4, -0.2) is 24.0 Å². The highest BCUT2D eigenvalue weighted by molar-refractivity contribution is 8.76. The van der Waals surface area contributed by atoms with Crippen LogP contribution in [0.1, 0.15) is 26.7 Å². The fourth-order valence-corrected chi connectivity index (χ4v) is 2.56. The number of hydrogen-bond acceptors (Lipinski definition) is 4. The summed E-state index contributed by atoms with van der Waals surface area (Å²) in [6, 6.07) is 0. The van der Waals surface area contributed by atoms with Gasteiger partial charge in [0.2, 0.25) is 0 Å². The van der Waals surface area contributed by atoms with Crippen LogP contribution < -0.4 is 0 Å². The van der Waals surface area contributed by atoms with Crippen LogP contribution in [0.4, 0.5) is 0 Å². The largest absolute Gasteiger partial charge is 0.0979 e. The Morgan fingerprint density at radius 1 is 0.750 bits per heavy atom. The molecule has 0 N–H and O–H groups in total. The molecule has 0 fully saturated rings. The first-order chi connectivity index (χ1) is 5.83. The zero-order valence-electron chi connectivity index (χ0n) is 8.46. The third-order valence-electron chi connectivity index (χ3n) is 0.825. The summed E-state index contributed by atoms with van der Waals surface area (Å²) >= 11 is 0. The van der Waals surface area contributed by atoms with Gasteiger partial charge in [-0.25, -0.2) is 0 Å². The van der Waals surface area contributed by atoms with E-state index in [1.165, 1.54) is 24.3 Å². The molecule has 0 heterocycles. The Morgan fingerprint density at radius 3 is 1.25 bits per heavy atom. The van der Waals surface area contributed by atoms with Gasteiger partial charge in [0.25, 0.3) is 0 Å². The minimum absolute atomic E-state index is 1.31. The molecule has 0 atom stereocenters. The normalized spacial score (nSPS) is 9.00. The minimum atomic E-state index is 1.31. The molecule has 0 saturated carbocycles. The Labute approximate surface area is 93.6 Å². The summed E-state index contributed by atoms with van der Waals surface area (Å²) in [4.78, 5) is 0. The van der Waals surface area contributed by atoms with Gasteiger partial charge in [0.1, 0.15) is 0 Å². The fraction of sp³-hybridized carbons (Fsp3) is 1.00. The van der Waals surface area contributed by atoms with E-state index in [1.807, 2.05) is 21.6 Å². The maximum atomic E-state index is 2.22. The van der Waals surface area contributed by atoms with Crippen LogP contribution in [0, 0.1) is 0 Å². The molecule has 0 amide bonds. The predicted octanol–water partition coefficient (Wildman–Crippen LogP) is 4.82. The van der Waals surface area contributed by atoms with E-state index < -0.39 is 0 Å². The molecule has 0 nitrogen and oxygen atoms in total. The van der Waals surface area contributed by atoms with E-state index in [9.17, 15) is 0 Å². The number of hydrogen-bond donors (Lipinski definition) is 0. The van der Waals surface area contributed by atoms with Gasteiger partial charge in [-0.1, -0.05) is 57.0 Å². The van der Waals surface area contributed by atoms with Crippen molar-refractivity contribution in [3.05, 3.63) is 0 Å². The van der Waals surface area contributed by atoms with Crippen LogP contribution in [0.2, 0.25) is 0 Å². The summed E-state index contributed by atoms with van der Waals surface area (Å²) in [5.41, 5.74) is 0. The molecule has 0 spiro atoms. The predicted molar refractivity (Wildman–Crippen MR) is 72.5 cm³/mol. The average Bonchev–Trinajstić information content (AvgIpc) is 2.13. The molecule has 0 aliphatic carbocycles. The maximum absolute atomic E-state index is 2.22. The van der Waals surface area contributed by atoms with Gasteiger partial charge in [0.15, 0.2) is 0 Å². The van der Waals surface area contributed by atoms with E-state index in [4.69, 9.17) is 0 Å². The van der Waals surface area contributed by atoms with Crippen molar-refractivity contribution in [1.82, 2.24) is 0 Å². The second-order valence-corrected chi connectivity index (χ2v) is 7.35. The summed E-state index contributed by atoms with van der Waals surface area (Å²) in [5.74, 6) is 2.62. The maximum Gasteiger partial charge on any atom is 0.00343 e. The molecule has 76 valence electrons. The van der Waals surface area contributed by atoms with Gasteiger partial charge in [0, 0.05) is 11.5 Å². The molecule has 0 aliphatic heterocycles. The molecule has 0 saturated heterocycles. The highest BCUT2D eigenvalue weighted by Crippen LogP contribution is 2.21. The fourth-order valence-electron chi connectivity index (χ4n) is 0.285. The van der Waals surface area contributed by atoms with Crippen molar-refractivity contribution in [2.75, 3.05) is 24.0 Å². The van der Waals surface area contributed by atoms with Crippen LogP contribution in [-0.2, 0) is 0 Å². The monoisotopic (exact) mass is 244 g/mol. The lowest BCUT2D eigenvalue weighted by Crippen LogP contribution is -1.70. The molecule has 0 radical (unpaired) electrons. The molecular weight excluding hydrogens is 224 g/mol. The lowest BCUT2D eigenvalue weighted by Gasteiger charge is -1.93. The molecule has 0 aromatic rings. The first-order valence-corrected chi connectivity index (χ1v) is 9.60. The highest BCUT2D eigenvalue weighted by Gasteiger charge is 1.83. The molecule has 0 rings (SSSR count). The van der Waals surface area contributed by atoms with Crippen molar-refractivity contribution in [2.45, 2.75) is 26.7 Å². The molecular formula is C8H20S4. The second kappa shape index (κ2) is 18.2. The van der Waals surface area contributed by atoms with Crippen LogP contribution >= 0.6 is 43.2 Å². The van der Waals surface area contributed by atoms with Crippen molar-refractivity contribution < 1.29 is 0 Å². The molecule has 0 aliphatic rings. The molecule has 0 unspecified atom stereocenters. The second-order valence-electron chi connectivity index (χ2n) is 1.98. The van der Waals surface area contributed by atoms with Gasteiger partial charge in [-0.15, -0.1) is 0 Å². The Bertz CT molecular complexity index is 51.0. The first-order valence-electron chi connectivity index (χ1n) is 4.14. The smallest absolute Gasteiger partial charge is 0.00343 e. The summed E-state index contributed by atoms with van der Waals surface area (Å²) < 4.78 is 0. The first kappa shape index (κ1) is 15.9. The average molecular weight is 245 g/mol. The zero-order chi connectivity index (χ0) is 9.66. The zero-order valence-corrected chi connectivity index (χ0v) is 11.7. The highest BCUT2D eigenvalue weighted by atomic mass is 33.1. The van der Waals surface area contributed by atoms with Gasteiger partial charge in [0.05, 0.1) is 0 Å². The van der Waals surface area contributed by atoms with E-state index in [-0.39, 0.29) is 0 Å². The van der Waals surface area contributed by atoms with E-state index in [2.05, 4.69) is 26.4 Å². The Kier molecular flexibility index (Phi) is 24.1. The minimum Gasteiger partial charge on any atom is -0.0979 e. The standard InChI is InChI=1S/C6H14S2.C2H6S2/c1-3-5-7-8-6-4-2;1-3-4-2/h3-6H2,1-2H3;1-2H3. The van der Waals surface area contributed by atoms with Crippen molar-refractivity contribution in [3.63, 3.8) is 0 Å². The van der Waals surface area contributed by atoms with E-state index >= 15 is 0 Å². The SMILES string of the molecule is CCCSSCCC.CSSC. The topological polar surface area (TPSA) is 0 Å². The summed E-state index contributed by atoms with van der Waals surface area (Å²) in [5, 5.41) is 0. The van der Waals surface area contributed by atoms with Crippen LogP contribution in [0.5, 0.6) is 0 Å². The summed E-state index contributed by atoms with van der Waals surface area (Å²) in [7, 11) is 7.54. The summed E-state index contributed by atoms with van der Waals surface area (Å²) in [6.07, 6.45) is 6.73. The third kappa shape index (κ3) is 22.5. The molecule has 0 bridgehead atoms. The van der Waals surface area contributed by atoms with Crippen molar-refractivity contribution in [1.29, 1.82) is 0 Å². The molecule has 0 aromatic carbocycles.